The number of para-hydroxylation sites is 2. The van der Waals surface area contributed by atoms with Gasteiger partial charge in [0.2, 0.25) is 11.8 Å². The maximum atomic E-state index is 12.2. The molecule has 0 unspecified atom stereocenters. The number of hydrogen-bond donors (Lipinski definition) is 3. The molecular formula is C21H24N4O2. The topological polar surface area (TPSA) is 86.9 Å². The van der Waals surface area contributed by atoms with E-state index in [0.717, 1.165) is 39.2 Å². The number of aryl methyl sites for hydroxylation is 4. The molecule has 0 saturated heterocycles. The summed E-state index contributed by atoms with van der Waals surface area (Å²) < 4.78 is 0. The summed E-state index contributed by atoms with van der Waals surface area (Å²) in [4.78, 5) is 31.8. The lowest BCUT2D eigenvalue weighted by atomic mass is 10.1. The molecule has 3 aromatic rings. The molecule has 140 valence electrons. The largest absolute Gasteiger partial charge is 0.347 e. The molecule has 27 heavy (non-hydrogen) atoms. The molecule has 3 rings (SSSR count). The molecule has 0 aliphatic heterocycles. The third-order valence-corrected chi connectivity index (χ3v) is 4.41. The van der Waals surface area contributed by atoms with Gasteiger partial charge in [-0.2, -0.15) is 0 Å². The van der Waals surface area contributed by atoms with Gasteiger partial charge >= 0.3 is 0 Å². The van der Waals surface area contributed by atoms with Gasteiger partial charge in [-0.05, 0) is 44.0 Å². The van der Waals surface area contributed by atoms with E-state index in [2.05, 4.69) is 20.6 Å². The Labute approximate surface area is 158 Å². The van der Waals surface area contributed by atoms with Gasteiger partial charge in [0, 0.05) is 18.5 Å². The number of fused-ring (bicyclic) bond motifs is 1. The zero-order valence-electron chi connectivity index (χ0n) is 15.8. The van der Waals surface area contributed by atoms with Crippen LogP contribution in [0.5, 0.6) is 0 Å². The van der Waals surface area contributed by atoms with Crippen LogP contribution in [-0.4, -0.2) is 28.3 Å². The molecule has 6 heteroatoms. The number of nitrogens with zero attached hydrogens (tertiary/aromatic N) is 1. The minimum Gasteiger partial charge on any atom is -0.347 e. The summed E-state index contributed by atoms with van der Waals surface area (Å²) in [7, 11) is 0. The number of carbonyl (C=O) groups is 2. The summed E-state index contributed by atoms with van der Waals surface area (Å²) in [6.07, 6.45) is 0.772. The number of amides is 2. The number of H-pyrrole nitrogens is 1. The number of nitrogens with one attached hydrogen (secondary N) is 3. The standard InChI is InChI=1S/C21H24N4O2/c1-13-10-14(2)21(15(3)11-13)25-20(27)12-22-19(26)9-8-18-23-16-6-4-5-7-17(16)24-18/h4-7,10-11H,8-9,12H2,1-3H3,(H,22,26)(H,23,24)(H,25,27). The van der Waals surface area contributed by atoms with Gasteiger partial charge in [0.15, 0.2) is 0 Å². The highest BCUT2D eigenvalue weighted by molar-refractivity contribution is 5.95. The van der Waals surface area contributed by atoms with E-state index >= 15 is 0 Å². The predicted octanol–water partition coefficient (Wildman–Crippen LogP) is 3.18. The van der Waals surface area contributed by atoms with Gasteiger partial charge in [-0.1, -0.05) is 29.8 Å². The SMILES string of the molecule is Cc1cc(C)c(NC(=O)CNC(=O)CCc2nc3ccccc3[nH]2)c(C)c1. The van der Waals surface area contributed by atoms with Crippen LogP contribution in [0.1, 0.15) is 28.9 Å². The molecule has 0 fully saturated rings. The van der Waals surface area contributed by atoms with Crippen LogP contribution in [0.15, 0.2) is 36.4 Å². The maximum absolute atomic E-state index is 12.2. The molecule has 0 bridgehead atoms. The molecule has 0 radical (unpaired) electrons. The predicted molar refractivity (Wildman–Crippen MR) is 107 cm³/mol. The van der Waals surface area contributed by atoms with E-state index in [1.165, 1.54) is 0 Å². The summed E-state index contributed by atoms with van der Waals surface area (Å²) in [5, 5.41) is 5.54. The zero-order chi connectivity index (χ0) is 19.4. The van der Waals surface area contributed by atoms with E-state index in [4.69, 9.17) is 0 Å². The molecular weight excluding hydrogens is 340 g/mol. The van der Waals surface area contributed by atoms with E-state index in [0.29, 0.717) is 6.42 Å². The van der Waals surface area contributed by atoms with Crippen LogP contribution in [0.2, 0.25) is 0 Å². The van der Waals surface area contributed by atoms with Crippen molar-refractivity contribution >= 4 is 28.5 Å². The quantitative estimate of drug-likeness (QED) is 0.628. The van der Waals surface area contributed by atoms with E-state index in [1.807, 2.05) is 57.2 Å². The Bertz CT molecular complexity index is 935. The van der Waals surface area contributed by atoms with Crippen molar-refractivity contribution < 1.29 is 9.59 Å². The van der Waals surface area contributed by atoms with Crippen LogP contribution in [0, 0.1) is 20.8 Å². The first-order valence-corrected chi connectivity index (χ1v) is 9.00. The van der Waals surface area contributed by atoms with Crippen LogP contribution in [0.4, 0.5) is 5.69 Å². The summed E-state index contributed by atoms with van der Waals surface area (Å²) in [6, 6.07) is 11.8. The molecule has 2 aromatic carbocycles. The van der Waals surface area contributed by atoms with Gasteiger partial charge in [-0.15, -0.1) is 0 Å². The summed E-state index contributed by atoms with van der Waals surface area (Å²) in [5.74, 6) is 0.354. The van der Waals surface area contributed by atoms with Gasteiger partial charge < -0.3 is 15.6 Å². The number of carbonyl (C=O) groups excluding carboxylic acids is 2. The number of imidazole rings is 1. The Morgan fingerprint density at radius 1 is 1.04 bits per heavy atom. The third-order valence-electron chi connectivity index (χ3n) is 4.41. The Balaban J connectivity index is 1.48. The Morgan fingerprint density at radius 2 is 1.74 bits per heavy atom. The molecule has 0 spiro atoms. The first-order chi connectivity index (χ1) is 12.9. The molecule has 1 heterocycles. The highest BCUT2D eigenvalue weighted by Crippen LogP contribution is 2.21. The third kappa shape index (κ3) is 4.73. The number of aromatic nitrogens is 2. The van der Waals surface area contributed by atoms with E-state index in [9.17, 15) is 9.59 Å². The lowest BCUT2D eigenvalue weighted by Gasteiger charge is -2.13. The van der Waals surface area contributed by atoms with Crippen molar-refractivity contribution in [2.45, 2.75) is 33.6 Å². The number of hydrogen-bond acceptors (Lipinski definition) is 3. The first-order valence-electron chi connectivity index (χ1n) is 9.00. The number of aromatic amines is 1. The smallest absolute Gasteiger partial charge is 0.243 e. The Hall–Kier alpha value is -3.15. The number of anilines is 1. The van der Waals surface area contributed by atoms with Crippen LogP contribution in [0.3, 0.4) is 0 Å². The lowest BCUT2D eigenvalue weighted by Crippen LogP contribution is -2.33. The minimum absolute atomic E-state index is 0.0499. The molecule has 0 atom stereocenters. The van der Waals surface area contributed by atoms with Crippen molar-refractivity contribution in [2.24, 2.45) is 0 Å². The molecule has 0 aliphatic rings. The second-order valence-electron chi connectivity index (χ2n) is 6.80. The second kappa shape index (κ2) is 8.03. The molecule has 0 aliphatic carbocycles. The number of benzene rings is 2. The van der Waals surface area contributed by atoms with Crippen molar-refractivity contribution in [2.75, 3.05) is 11.9 Å². The number of rotatable bonds is 6. The van der Waals surface area contributed by atoms with E-state index < -0.39 is 0 Å². The van der Waals surface area contributed by atoms with Crippen molar-refractivity contribution in [3.63, 3.8) is 0 Å². The second-order valence-corrected chi connectivity index (χ2v) is 6.80. The fraction of sp³-hybridized carbons (Fsp3) is 0.286. The fourth-order valence-electron chi connectivity index (χ4n) is 3.18. The highest BCUT2D eigenvalue weighted by Gasteiger charge is 2.11. The summed E-state index contributed by atoms with van der Waals surface area (Å²) in [5.41, 5.74) is 5.82. The van der Waals surface area contributed by atoms with Crippen LogP contribution < -0.4 is 10.6 Å². The monoisotopic (exact) mass is 364 g/mol. The van der Waals surface area contributed by atoms with Crippen molar-refractivity contribution in [1.29, 1.82) is 0 Å². The minimum atomic E-state index is -0.234. The van der Waals surface area contributed by atoms with Crippen LogP contribution in [0.25, 0.3) is 11.0 Å². The van der Waals surface area contributed by atoms with Gasteiger partial charge in [-0.25, -0.2) is 4.98 Å². The zero-order valence-corrected chi connectivity index (χ0v) is 15.8. The molecule has 3 N–H and O–H groups in total. The molecule has 1 aromatic heterocycles. The van der Waals surface area contributed by atoms with Crippen molar-refractivity contribution in [3.8, 4) is 0 Å². The van der Waals surface area contributed by atoms with Gasteiger partial charge in [-0.3, -0.25) is 9.59 Å². The Kier molecular flexibility index (Phi) is 5.54. The fourth-order valence-corrected chi connectivity index (χ4v) is 3.18. The summed E-state index contributed by atoms with van der Waals surface area (Å²) >= 11 is 0. The molecule has 2 amide bonds. The average Bonchev–Trinajstić information content (AvgIpc) is 3.04. The van der Waals surface area contributed by atoms with Crippen molar-refractivity contribution in [3.05, 3.63) is 58.9 Å². The van der Waals surface area contributed by atoms with Crippen LogP contribution >= 0.6 is 0 Å². The van der Waals surface area contributed by atoms with E-state index in [-0.39, 0.29) is 24.8 Å². The first kappa shape index (κ1) is 18.6. The summed E-state index contributed by atoms with van der Waals surface area (Å²) in [6.45, 7) is 5.89. The molecule has 6 nitrogen and oxygen atoms in total. The van der Waals surface area contributed by atoms with Gasteiger partial charge in [0.05, 0.1) is 17.6 Å². The van der Waals surface area contributed by atoms with Crippen molar-refractivity contribution in [1.82, 2.24) is 15.3 Å². The Morgan fingerprint density at radius 3 is 2.44 bits per heavy atom. The van der Waals surface area contributed by atoms with Gasteiger partial charge in [0.25, 0.3) is 0 Å². The normalized spacial score (nSPS) is 10.8. The highest BCUT2D eigenvalue weighted by atomic mass is 16.2. The molecule has 0 saturated carbocycles. The van der Waals surface area contributed by atoms with E-state index in [1.54, 1.807) is 0 Å². The van der Waals surface area contributed by atoms with Gasteiger partial charge in [0.1, 0.15) is 5.82 Å². The lowest BCUT2D eigenvalue weighted by molar-refractivity contribution is -0.124. The maximum Gasteiger partial charge on any atom is 0.243 e. The van der Waals surface area contributed by atoms with Crippen LogP contribution in [-0.2, 0) is 16.0 Å². The average molecular weight is 364 g/mol.